The van der Waals surface area contributed by atoms with Crippen LogP contribution in [0.4, 0.5) is 11.5 Å². The van der Waals surface area contributed by atoms with Crippen LogP contribution in [-0.2, 0) is 0 Å². The number of pyridine rings is 1. The van der Waals surface area contributed by atoms with Gasteiger partial charge in [0.15, 0.2) is 17.3 Å². The lowest BCUT2D eigenvalue weighted by Crippen LogP contribution is -2.14. The first kappa shape index (κ1) is 13.3. The number of fused-ring (bicyclic) bond motifs is 1. The van der Waals surface area contributed by atoms with Crippen LogP contribution in [0, 0.1) is 6.92 Å². The Kier molecular flexibility index (Phi) is 3.38. The molecule has 0 saturated carbocycles. The van der Waals surface area contributed by atoms with Crippen molar-refractivity contribution in [2.24, 2.45) is 0 Å². The van der Waals surface area contributed by atoms with Crippen LogP contribution in [0.15, 0.2) is 12.1 Å². The summed E-state index contributed by atoms with van der Waals surface area (Å²) in [6.45, 7) is 1.96. The Balaban J connectivity index is 2.84. The molecule has 19 heavy (non-hydrogen) atoms. The standard InChI is InChI=1S/C14H19N3O2/c1-8-9-6-11(18-4)12(19-5)7-10(9)13(15)14(16-8)17(2)3/h6-7H,15H2,1-5H3. The Hall–Kier alpha value is -2.17. The second-order valence-corrected chi connectivity index (χ2v) is 4.58. The first-order chi connectivity index (χ1) is 8.99. The van der Waals surface area contributed by atoms with Gasteiger partial charge >= 0.3 is 0 Å². The van der Waals surface area contributed by atoms with E-state index in [0.717, 1.165) is 22.3 Å². The largest absolute Gasteiger partial charge is 0.493 e. The van der Waals surface area contributed by atoms with Gasteiger partial charge < -0.3 is 20.1 Å². The number of hydrogen-bond acceptors (Lipinski definition) is 5. The number of hydrogen-bond donors (Lipinski definition) is 1. The highest BCUT2D eigenvalue weighted by atomic mass is 16.5. The average Bonchev–Trinajstić information content (AvgIpc) is 2.40. The molecule has 0 aliphatic rings. The van der Waals surface area contributed by atoms with Crippen LogP contribution in [0.1, 0.15) is 5.69 Å². The van der Waals surface area contributed by atoms with E-state index in [4.69, 9.17) is 15.2 Å². The molecule has 2 aromatic rings. The first-order valence-corrected chi connectivity index (χ1v) is 5.98. The summed E-state index contributed by atoms with van der Waals surface area (Å²) in [5.41, 5.74) is 7.76. The maximum atomic E-state index is 6.20. The van der Waals surface area contributed by atoms with Gasteiger partial charge in [-0.15, -0.1) is 0 Å². The lowest BCUT2D eigenvalue weighted by molar-refractivity contribution is 0.356. The molecule has 2 rings (SSSR count). The summed E-state index contributed by atoms with van der Waals surface area (Å²) in [4.78, 5) is 6.44. The highest BCUT2D eigenvalue weighted by Crippen LogP contribution is 2.38. The molecule has 1 heterocycles. The van der Waals surface area contributed by atoms with Crippen LogP contribution < -0.4 is 20.1 Å². The predicted octanol–water partition coefficient (Wildman–Crippen LogP) is 2.21. The molecular formula is C14H19N3O2. The van der Waals surface area contributed by atoms with Crippen LogP contribution in [0.3, 0.4) is 0 Å². The van der Waals surface area contributed by atoms with Gasteiger partial charge in [-0.1, -0.05) is 0 Å². The fourth-order valence-corrected chi connectivity index (χ4v) is 2.14. The monoisotopic (exact) mass is 261 g/mol. The molecule has 102 valence electrons. The number of nitrogens with two attached hydrogens (primary N) is 1. The van der Waals surface area contributed by atoms with Crippen molar-refractivity contribution in [2.75, 3.05) is 38.9 Å². The van der Waals surface area contributed by atoms with Gasteiger partial charge in [0.25, 0.3) is 0 Å². The maximum absolute atomic E-state index is 6.20. The quantitative estimate of drug-likeness (QED) is 0.918. The summed E-state index contributed by atoms with van der Waals surface area (Å²) in [5, 5.41) is 1.90. The minimum atomic E-state index is 0.645. The van der Waals surface area contributed by atoms with Crippen molar-refractivity contribution in [3.05, 3.63) is 17.8 Å². The summed E-state index contributed by atoms with van der Waals surface area (Å²) in [7, 11) is 7.07. The number of anilines is 2. The fraction of sp³-hybridized carbons (Fsp3) is 0.357. The van der Waals surface area contributed by atoms with Gasteiger partial charge in [0, 0.05) is 30.6 Å². The second kappa shape index (κ2) is 4.84. The van der Waals surface area contributed by atoms with E-state index in [1.165, 1.54) is 0 Å². The predicted molar refractivity (Wildman–Crippen MR) is 78.3 cm³/mol. The molecule has 0 spiro atoms. The number of ether oxygens (including phenoxy) is 2. The molecule has 0 radical (unpaired) electrons. The highest BCUT2D eigenvalue weighted by Gasteiger charge is 2.14. The van der Waals surface area contributed by atoms with Crippen molar-refractivity contribution < 1.29 is 9.47 Å². The minimum absolute atomic E-state index is 0.645. The zero-order valence-electron chi connectivity index (χ0n) is 11.9. The lowest BCUT2D eigenvalue weighted by Gasteiger charge is -2.18. The maximum Gasteiger partial charge on any atom is 0.161 e. The average molecular weight is 261 g/mol. The molecule has 0 aliphatic heterocycles. The molecule has 0 bridgehead atoms. The van der Waals surface area contributed by atoms with Crippen molar-refractivity contribution in [1.82, 2.24) is 4.98 Å². The van der Waals surface area contributed by atoms with Crippen LogP contribution in [0.2, 0.25) is 0 Å². The third-order valence-electron chi connectivity index (χ3n) is 3.14. The van der Waals surface area contributed by atoms with E-state index < -0.39 is 0 Å². The summed E-state index contributed by atoms with van der Waals surface area (Å²) in [5.74, 6) is 2.10. The van der Waals surface area contributed by atoms with Crippen LogP contribution in [-0.4, -0.2) is 33.3 Å². The van der Waals surface area contributed by atoms with Crippen LogP contribution >= 0.6 is 0 Å². The molecule has 0 fully saturated rings. The molecule has 0 amide bonds. The second-order valence-electron chi connectivity index (χ2n) is 4.58. The Morgan fingerprint density at radius 2 is 1.58 bits per heavy atom. The third-order valence-corrected chi connectivity index (χ3v) is 3.14. The molecule has 2 N–H and O–H groups in total. The minimum Gasteiger partial charge on any atom is -0.493 e. The third kappa shape index (κ3) is 2.12. The van der Waals surface area contributed by atoms with Crippen molar-refractivity contribution >= 4 is 22.3 Å². The van der Waals surface area contributed by atoms with E-state index in [9.17, 15) is 0 Å². The van der Waals surface area contributed by atoms with E-state index in [0.29, 0.717) is 17.2 Å². The first-order valence-electron chi connectivity index (χ1n) is 5.98. The molecular weight excluding hydrogens is 242 g/mol. The molecule has 5 nitrogen and oxygen atoms in total. The number of benzene rings is 1. The van der Waals surface area contributed by atoms with Gasteiger partial charge in [-0.3, -0.25) is 0 Å². The summed E-state index contributed by atoms with van der Waals surface area (Å²) < 4.78 is 10.6. The van der Waals surface area contributed by atoms with Gasteiger partial charge in [0.1, 0.15) is 0 Å². The highest BCUT2D eigenvalue weighted by molar-refractivity contribution is 6.00. The summed E-state index contributed by atoms with van der Waals surface area (Å²) in [6.07, 6.45) is 0. The SMILES string of the molecule is COc1cc2c(C)nc(N(C)C)c(N)c2cc1OC. The molecule has 0 unspecified atom stereocenters. The summed E-state index contributed by atoms with van der Waals surface area (Å²) in [6, 6.07) is 3.80. The topological polar surface area (TPSA) is 60.6 Å². The Labute approximate surface area is 112 Å². The van der Waals surface area contributed by atoms with Gasteiger partial charge in [0.2, 0.25) is 0 Å². The van der Waals surface area contributed by atoms with Crippen LogP contribution in [0.25, 0.3) is 10.8 Å². The van der Waals surface area contributed by atoms with Gasteiger partial charge in [-0.2, -0.15) is 0 Å². The molecule has 0 atom stereocenters. The van der Waals surface area contributed by atoms with Gasteiger partial charge in [-0.25, -0.2) is 4.98 Å². The molecule has 5 heteroatoms. The zero-order valence-corrected chi connectivity index (χ0v) is 11.9. The summed E-state index contributed by atoms with van der Waals surface area (Å²) >= 11 is 0. The number of methoxy groups -OCH3 is 2. The van der Waals surface area contributed by atoms with Crippen LogP contribution in [0.5, 0.6) is 11.5 Å². The Morgan fingerprint density at radius 3 is 2.05 bits per heavy atom. The van der Waals surface area contributed by atoms with E-state index in [-0.39, 0.29) is 0 Å². The van der Waals surface area contributed by atoms with Crippen molar-refractivity contribution in [3.63, 3.8) is 0 Å². The fourth-order valence-electron chi connectivity index (χ4n) is 2.14. The molecule has 0 saturated heterocycles. The van der Waals surface area contributed by atoms with E-state index in [1.807, 2.05) is 38.1 Å². The van der Waals surface area contributed by atoms with Crippen molar-refractivity contribution in [3.8, 4) is 11.5 Å². The van der Waals surface area contributed by atoms with Gasteiger partial charge in [-0.05, 0) is 19.1 Å². The van der Waals surface area contributed by atoms with Gasteiger partial charge in [0.05, 0.1) is 19.9 Å². The smallest absolute Gasteiger partial charge is 0.161 e. The van der Waals surface area contributed by atoms with E-state index >= 15 is 0 Å². The van der Waals surface area contributed by atoms with Crippen molar-refractivity contribution in [1.29, 1.82) is 0 Å². The number of nitrogens with zero attached hydrogens (tertiary/aromatic N) is 2. The molecule has 1 aromatic carbocycles. The zero-order chi connectivity index (χ0) is 14.2. The number of aromatic nitrogens is 1. The number of aryl methyl sites for hydroxylation is 1. The van der Waals surface area contributed by atoms with E-state index in [2.05, 4.69) is 4.98 Å². The Bertz CT molecular complexity index is 624. The normalized spacial score (nSPS) is 10.6. The lowest BCUT2D eigenvalue weighted by atomic mass is 10.1. The molecule has 0 aliphatic carbocycles. The van der Waals surface area contributed by atoms with E-state index in [1.54, 1.807) is 14.2 Å². The Morgan fingerprint density at radius 1 is 1.05 bits per heavy atom. The number of rotatable bonds is 3. The molecule has 1 aromatic heterocycles. The van der Waals surface area contributed by atoms with Crippen molar-refractivity contribution in [2.45, 2.75) is 6.92 Å². The number of nitrogen functional groups attached to an aromatic ring is 1.